The molecule has 124 valence electrons. The monoisotopic (exact) mass is 346 g/mol. The minimum Gasteiger partial charge on any atom is -0.495 e. The van der Waals surface area contributed by atoms with Gasteiger partial charge in [0.15, 0.2) is 0 Å². The van der Waals surface area contributed by atoms with Crippen LogP contribution in [0.5, 0.6) is 5.75 Å². The molecule has 1 N–H and O–H groups in total. The van der Waals surface area contributed by atoms with Gasteiger partial charge in [-0.3, -0.25) is 0 Å². The quantitative estimate of drug-likeness (QED) is 0.713. The van der Waals surface area contributed by atoms with Crippen molar-refractivity contribution < 1.29 is 13.9 Å². The van der Waals surface area contributed by atoms with Crippen molar-refractivity contribution in [2.45, 2.75) is 0 Å². The molecule has 2 aromatic carbocycles. The third-order valence-electron chi connectivity index (χ3n) is 3.56. The second-order valence-corrected chi connectivity index (χ2v) is 5.49. The van der Waals surface area contributed by atoms with Gasteiger partial charge in [0.25, 0.3) is 0 Å². The zero-order valence-corrected chi connectivity index (χ0v) is 13.9. The zero-order chi connectivity index (χ0) is 17.3. The van der Waals surface area contributed by atoms with Crippen molar-refractivity contribution in [1.82, 2.24) is 9.55 Å². The Bertz CT molecular complexity index is 912. The van der Waals surface area contributed by atoms with Crippen LogP contribution in [0, 0.1) is 5.82 Å². The minimum atomic E-state index is -0.555. The number of amides is 2. The van der Waals surface area contributed by atoms with Gasteiger partial charge in [0, 0.05) is 13.1 Å². The highest BCUT2D eigenvalue weighted by Gasteiger charge is 2.19. The summed E-state index contributed by atoms with van der Waals surface area (Å²) in [7, 11) is 3.30. The molecule has 0 aliphatic heterocycles. The number of imidazole rings is 1. The number of carbonyl (C=O) groups excluding carboxylic acids is 1. The largest absolute Gasteiger partial charge is 0.495 e. The lowest BCUT2D eigenvalue weighted by Crippen LogP contribution is -2.27. The molecule has 0 saturated heterocycles. The number of fused-ring (bicyclic) bond motifs is 1. The van der Waals surface area contributed by atoms with Gasteiger partial charge in [-0.25, -0.2) is 18.5 Å². The predicted molar refractivity (Wildman–Crippen MR) is 94.1 cm³/mol. The van der Waals surface area contributed by atoms with Gasteiger partial charge < -0.3 is 14.6 Å². The third-order valence-corrected chi connectivity index (χ3v) is 3.95. The Morgan fingerprint density at radius 1 is 1.38 bits per heavy atom. The number of urea groups is 1. The summed E-state index contributed by atoms with van der Waals surface area (Å²) in [5.41, 5.74) is 2.27. The van der Waals surface area contributed by atoms with E-state index in [0.717, 1.165) is 9.82 Å². The maximum absolute atomic E-state index is 13.5. The number of benzene rings is 2. The van der Waals surface area contributed by atoms with Crippen LogP contribution in [-0.2, 0) is 7.05 Å². The van der Waals surface area contributed by atoms with E-state index < -0.39 is 11.8 Å². The molecule has 0 aliphatic carbocycles. The maximum Gasteiger partial charge on any atom is 0.336 e. The first-order chi connectivity index (χ1) is 11.5. The fourth-order valence-electron chi connectivity index (χ4n) is 2.37. The molecule has 0 atom stereocenters. The van der Waals surface area contributed by atoms with Gasteiger partial charge in [-0.1, -0.05) is 18.9 Å². The lowest BCUT2D eigenvalue weighted by molar-refractivity contribution is 0.260. The lowest BCUT2D eigenvalue weighted by Gasteiger charge is -2.19. The number of hydrogen-bond acceptors (Lipinski definition) is 4. The first kappa shape index (κ1) is 16.1. The summed E-state index contributed by atoms with van der Waals surface area (Å²) in [5.74, 6) is -0.165. The van der Waals surface area contributed by atoms with Crippen LogP contribution in [-0.4, -0.2) is 22.7 Å². The molecule has 0 aliphatic rings. The summed E-state index contributed by atoms with van der Waals surface area (Å²) in [6.07, 6.45) is 1.66. The number of ether oxygens (including phenoxy) is 1. The minimum absolute atomic E-state index is 0.200. The molecule has 1 aromatic heterocycles. The Balaban J connectivity index is 1.90. The van der Waals surface area contributed by atoms with Crippen LogP contribution in [0.25, 0.3) is 11.0 Å². The van der Waals surface area contributed by atoms with Crippen LogP contribution < -0.4 is 14.4 Å². The molecule has 0 spiro atoms. The smallest absolute Gasteiger partial charge is 0.336 e. The number of methoxy groups -OCH3 is 1. The Morgan fingerprint density at radius 2 is 2.17 bits per heavy atom. The van der Waals surface area contributed by atoms with E-state index in [4.69, 9.17) is 4.74 Å². The molecule has 3 aromatic rings. The first-order valence-electron chi connectivity index (χ1n) is 7.05. The fraction of sp³-hybridized carbons (Fsp3) is 0.125. The highest BCUT2D eigenvalue weighted by molar-refractivity contribution is 7.82. The Kier molecular flexibility index (Phi) is 4.30. The molecule has 8 heteroatoms. The SMILES string of the molecule is COc1ccc(F)cc1N(S)C(=O)Nc1cccc2c1ncn2C. The summed E-state index contributed by atoms with van der Waals surface area (Å²) in [5, 5.41) is 2.72. The van der Waals surface area contributed by atoms with Crippen molar-refractivity contribution in [3.63, 3.8) is 0 Å². The van der Waals surface area contributed by atoms with E-state index in [-0.39, 0.29) is 5.69 Å². The van der Waals surface area contributed by atoms with Crippen molar-refractivity contribution in [1.29, 1.82) is 0 Å². The molecule has 1 heterocycles. The first-order valence-corrected chi connectivity index (χ1v) is 7.45. The molecule has 0 unspecified atom stereocenters. The second kappa shape index (κ2) is 6.40. The number of aryl methyl sites for hydroxylation is 1. The summed E-state index contributed by atoms with van der Waals surface area (Å²) in [4.78, 5) is 16.7. The van der Waals surface area contributed by atoms with E-state index in [9.17, 15) is 9.18 Å². The van der Waals surface area contributed by atoms with Gasteiger partial charge in [-0.05, 0) is 24.3 Å². The number of hydrogen-bond donors (Lipinski definition) is 2. The van der Waals surface area contributed by atoms with Crippen molar-refractivity contribution in [2.24, 2.45) is 7.05 Å². The van der Waals surface area contributed by atoms with Gasteiger partial charge in [0.05, 0.1) is 24.6 Å². The van der Waals surface area contributed by atoms with Crippen LogP contribution in [0.1, 0.15) is 0 Å². The summed E-state index contributed by atoms with van der Waals surface area (Å²) in [6, 6.07) is 8.74. The van der Waals surface area contributed by atoms with Crippen molar-refractivity contribution in [3.8, 4) is 5.75 Å². The van der Waals surface area contributed by atoms with Gasteiger partial charge in [-0.15, -0.1) is 0 Å². The standard InChI is InChI=1S/C16H15FN4O2S/c1-20-9-18-15-11(4-3-5-12(15)20)19-16(22)21(24)13-8-10(17)6-7-14(13)23-2/h3-9,24H,1-2H3,(H,19,22). The lowest BCUT2D eigenvalue weighted by atomic mass is 10.2. The van der Waals surface area contributed by atoms with Crippen LogP contribution in [0.15, 0.2) is 42.7 Å². The molecule has 24 heavy (non-hydrogen) atoms. The second-order valence-electron chi connectivity index (χ2n) is 5.09. The maximum atomic E-state index is 13.5. The molecule has 0 radical (unpaired) electrons. The van der Waals surface area contributed by atoms with Crippen LogP contribution in [0.4, 0.5) is 20.6 Å². The number of nitrogens with one attached hydrogen (secondary N) is 1. The molecule has 2 amide bonds. The average molecular weight is 346 g/mol. The highest BCUT2D eigenvalue weighted by Crippen LogP contribution is 2.31. The van der Waals surface area contributed by atoms with Crippen LogP contribution >= 0.6 is 12.8 Å². The number of nitrogens with zero attached hydrogens (tertiary/aromatic N) is 3. The molecule has 6 nitrogen and oxygen atoms in total. The van der Waals surface area contributed by atoms with E-state index in [0.29, 0.717) is 17.0 Å². The average Bonchev–Trinajstić information content (AvgIpc) is 2.96. The number of rotatable bonds is 3. The van der Waals surface area contributed by atoms with Crippen LogP contribution in [0.2, 0.25) is 0 Å². The number of halogens is 1. The number of anilines is 2. The summed E-state index contributed by atoms with van der Waals surface area (Å²) >= 11 is 4.16. The predicted octanol–water partition coefficient (Wildman–Crippen LogP) is 3.60. The molecule has 0 bridgehead atoms. The van der Waals surface area contributed by atoms with E-state index in [1.807, 2.05) is 23.7 Å². The molecule has 0 fully saturated rings. The number of thiol groups is 1. The molecular weight excluding hydrogens is 331 g/mol. The zero-order valence-electron chi connectivity index (χ0n) is 13.0. The number of para-hydroxylation sites is 1. The van der Waals surface area contributed by atoms with Crippen molar-refractivity contribution in [2.75, 3.05) is 16.7 Å². The Morgan fingerprint density at radius 3 is 2.92 bits per heavy atom. The molecular formula is C16H15FN4O2S. The van der Waals surface area contributed by atoms with Crippen LogP contribution in [0.3, 0.4) is 0 Å². The van der Waals surface area contributed by atoms with E-state index in [1.54, 1.807) is 12.4 Å². The Labute approximate surface area is 143 Å². The van der Waals surface area contributed by atoms with Gasteiger partial charge >= 0.3 is 6.03 Å². The number of aromatic nitrogens is 2. The molecule has 0 saturated carbocycles. The summed E-state index contributed by atoms with van der Waals surface area (Å²) < 4.78 is 21.5. The van der Waals surface area contributed by atoms with E-state index in [1.165, 1.54) is 25.3 Å². The Hall–Kier alpha value is -2.74. The van der Waals surface area contributed by atoms with Crippen molar-refractivity contribution >= 4 is 41.3 Å². The topological polar surface area (TPSA) is 59.4 Å². The van der Waals surface area contributed by atoms with Crippen molar-refractivity contribution in [3.05, 3.63) is 48.5 Å². The van der Waals surface area contributed by atoms with Gasteiger partial charge in [0.2, 0.25) is 0 Å². The van der Waals surface area contributed by atoms with E-state index in [2.05, 4.69) is 23.1 Å². The normalized spacial score (nSPS) is 10.7. The third kappa shape index (κ3) is 2.88. The number of carbonyl (C=O) groups is 1. The molecule has 3 rings (SSSR count). The highest BCUT2D eigenvalue weighted by atomic mass is 32.1. The van der Waals surface area contributed by atoms with Gasteiger partial charge in [0.1, 0.15) is 22.8 Å². The van der Waals surface area contributed by atoms with Gasteiger partial charge in [-0.2, -0.15) is 0 Å². The van der Waals surface area contributed by atoms with E-state index >= 15 is 0 Å². The summed E-state index contributed by atoms with van der Waals surface area (Å²) in [6.45, 7) is 0. The fourth-order valence-corrected chi connectivity index (χ4v) is 2.57.